The average molecular weight is 297 g/mol. The lowest BCUT2D eigenvalue weighted by Gasteiger charge is -2.17. The molecule has 0 amide bonds. The minimum Gasteiger partial charge on any atom is -0.319 e. The molecule has 1 atom stereocenters. The molecule has 0 bridgehead atoms. The van der Waals surface area contributed by atoms with Crippen molar-refractivity contribution in [2.75, 3.05) is 20.6 Å². The summed E-state index contributed by atoms with van der Waals surface area (Å²) in [7, 11) is 3.98. The van der Waals surface area contributed by atoms with Gasteiger partial charge in [-0.25, -0.2) is 4.39 Å². The first-order chi connectivity index (χ1) is 9.49. The van der Waals surface area contributed by atoms with E-state index in [-0.39, 0.29) is 5.82 Å². The van der Waals surface area contributed by atoms with Crippen molar-refractivity contribution in [2.24, 2.45) is 5.73 Å². The molecule has 0 saturated carbocycles. The number of benzene rings is 1. The predicted octanol–water partition coefficient (Wildman–Crippen LogP) is 2.29. The van der Waals surface area contributed by atoms with Crippen LogP contribution in [-0.4, -0.2) is 35.3 Å². The number of halogens is 2. The third-order valence-corrected chi connectivity index (χ3v) is 3.41. The van der Waals surface area contributed by atoms with Crippen LogP contribution in [0, 0.1) is 5.82 Å². The van der Waals surface area contributed by atoms with Crippen LogP contribution in [0.1, 0.15) is 17.3 Å². The van der Waals surface area contributed by atoms with E-state index in [1.807, 2.05) is 14.1 Å². The summed E-state index contributed by atoms with van der Waals surface area (Å²) in [5.41, 5.74) is 7.79. The van der Waals surface area contributed by atoms with Gasteiger partial charge in [0.05, 0.1) is 29.5 Å². The van der Waals surface area contributed by atoms with Gasteiger partial charge in [0, 0.05) is 6.54 Å². The second-order valence-corrected chi connectivity index (χ2v) is 5.34. The van der Waals surface area contributed by atoms with Crippen LogP contribution in [0.4, 0.5) is 4.39 Å². The monoisotopic (exact) mass is 296 g/mol. The quantitative estimate of drug-likeness (QED) is 0.921. The molecule has 0 aliphatic heterocycles. The first kappa shape index (κ1) is 15.0. The molecule has 0 spiro atoms. The third-order valence-electron chi connectivity index (χ3n) is 3.12. The first-order valence-corrected chi connectivity index (χ1v) is 6.74. The van der Waals surface area contributed by atoms with Crippen LogP contribution in [0.5, 0.6) is 0 Å². The standard InChI is InChI=1S/C14H18ClFN4/c1-19(2)7-8-20-14(12(15)9-18-20)13(17)10-3-5-11(16)6-4-10/h3-6,9,13H,7-8,17H2,1-2H3. The van der Waals surface area contributed by atoms with Crippen molar-refractivity contribution >= 4 is 11.6 Å². The Hall–Kier alpha value is -1.43. The lowest BCUT2D eigenvalue weighted by molar-refractivity contribution is 0.368. The van der Waals surface area contributed by atoms with Gasteiger partial charge in [-0.05, 0) is 31.8 Å². The molecule has 20 heavy (non-hydrogen) atoms. The van der Waals surface area contributed by atoms with Crippen LogP contribution in [0.3, 0.4) is 0 Å². The van der Waals surface area contributed by atoms with Gasteiger partial charge in [0.2, 0.25) is 0 Å². The van der Waals surface area contributed by atoms with E-state index < -0.39 is 6.04 Å². The molecule has 0 aliphatic carbocycles. The van der Waals surface area contributed by atoms with Crippen molar-refractivity contribution in [1.29, 1.82) is 0 Å². The maximum absolute atomic E-state index is 13.0. The maximum Gasteiger partial charge on any atom is 0.123 e. The Bertz CT molecular complexity index is 565. The molecule has 1 unspecified atom stereocenters. The number of hydrogen-bond acceptors (Lipinski definition) is 3. The molecule has 2 N–H and O–H groups in total. The largest absolute Gasteiger partial charge is 0.319 e. The molecule has 6 heteroatoms. The van der Waals surface area contributed by atoms with Gasteiger partial charge in [0.25, 0.3) is 0 Å². The summed E-state index contributed by atoms with van der Waals surface area (Å²) < 4.78 is 14.8. The summed E-state index contributed by atoms with van der Waals surface area (Å²) in [5, 5.41) is 4.78. The second kappa shape index (κ2) is 6.35. The summed E-state index contributed by atoms with van der Waals surface area (Å²) in [5.74, 6) is -0.284. The van der Waals surface area contributed by atoms with E-state index in [2.05, 4.69) is 10.00 Å². The minimum atomic E-state index is -0.423. The van der Waals surface area contributed by atoms with E-state index in [4.69, 9.17) is 17.3 Å². The number of rotatable bonds is 5. The number of likely N-dealkylation sites (N-methyl/N-ethyl adjacent to an activating group) is 1. The van der Waals surface area contributed by atoms with Gasteiger partial charge in [-0.1, -0.05) is 23.7 Å². The van der Waals surface area contributed by atoms with Crippen LogP contribution in [0.25, 0.3) is 0 Å². The molecular formula is C14H18ClFN4. The molecule has 0 saturated heterocycles. The lowest BCUT2D eigenvalue weighted by atomic mass is 10.0. The molecule has 1 aromatic heterocycles. The molecule has 0 aliphatic rings. The summed E-state index contributed by atoms with van der Waals surface area (Å²) in [6.07, 6.45) is 1.59. The highest BCUT2D eigenvalue weighted by molar-refractivity contribution is 6.31. The van der Waals surface area contributed by atoms with Gasteiger partial charge < -0.3 is 10.6 Å². The molecule has 2 aromatic rings. The van der Waals surface area contributed by atoms with Gasteiger partial charge >= 0.3 is 0 Å². The van der Waals surface area contributed by atoms with Crippen LogP contribution in [-0.2, 0) is 6.54 Å². The smallest absolute Gasteiger partial charge is 0.123 e. The van der Waals surface area contributed by atoms with E-state index in [9.17, 15) is 4.39 Å². The van der Waals surface area contributed by atoms with Gasteiger partial charge in [-0.15, -0.1) is 0 Å². The molecule has 0 fully saturated rings. The van der Waals surface area contributed by atoms with Crippen molar-refractivity contribution < 1.29 is 4.39 Å². The summed E-state index contributed by atoms with van der Waals surface area (Å²) >= 11 is 6.19. The van der Waals surface area contributed by atoms with Crippen LogP contribution >= 0.6 is 11.6 Å². The molecule has 108 valence electrons. The number of aromatic nitrogens is 2. The zero-order chi connectivity index (χ0) is 14.7. The normalized spacial score (nSPS) is 12.9. The highest BCUT2D eigenvalue weighted by Gasteiger charge is 2.18. The Balaban J connectivity index is 2.26. The van der Waals surface area contributed by atoms with E-state index in [1.54, 1.807) is 23.0 Å². The summed E-state index contributed by atoms with van der Waals surface area (Å²) in [6, 6.07) is 5.69. The molecule has 1 aromatic carbocycles. The van der Waals surface area contributed by atoms with E-state index in [0.717, 1.165) is 17.8 Å². The van der Waals surface area contributed by atoms with Crippen molar-refractivity contribution in [2.45, 2.75) is 12.6 Å². The average Bonchev–Trinajstić information content (AvgIpc) is 2.77. The van der Waals surface area contributed by atoms with Gasteiger partial charge in [-0.2, -0.15) is 5.10 Å². The van der Waals surface area contributed by atoms with Gasteiger partial charge in [0.15, 0.2) is 0 Å². The Morgan fingerprint density at radius 3 is 2.60 bits per heavy atom. The van der Waals surface area contributed by atoms with Crippen LogP contribution in [0.2, 0.25) is 5.02 Å². The van der Waals surface area contributed by atoms with Crippen molar-refractivity contribution in [3.8, 4) is 0 Å². The molecule has 2 rings (SSSR count). The second-order valence-electron chi connectivity index (χ2n) is 4.93. The highest BCUT2D eigenvalue weighted by Crippen LogP contribution is 2.26. The lowest BCUT2D eigenvalue weighted by Crippen LogP contribution is -2.23. The Morgan fingerprint density at radius 2 is 2.00 bits per heavy atom. The Kier molecular flexibility index (Phi) is 4.75. The SMILES string of the molecule is CN(C)CCn1ncc(Cl)c1C(N)c1ccc(F)cc1. The first-order valence-electron chi connectivity index (χ1n) is 6.36. The van der Waals surface area contributed by atoms with Crippen molar-refractivity contribution in [1.82, 2.24) is 14.7 Å². The molecule has 1 heterocycles. The number of nitrogens with two attached hydrogens (primary N) is 1. The predicted molar refractivity (Wildman–Crippen MR) is 78.2 cm³/mol. The van der Waals surface area contributed by atoms with Gasteiger partial charge in [-0.3, -0.25) is 4.68 Å². The van der Waals surface area contributed by atoms with Crippen molar-refractivity contribution in [3.05, 3.63) is 52.6 Å². The van der Waals surface area contributed by atoms with E-state index >= 15 is 0 Å². The Labute approximate surface area is 122 Å². The fourth-order valence-electron chi connectivity index (χ4n) is 1.98. The van der Waals surface area contributed by atoms with E-state index in [1.165, 1.54) is 12.1 Å². The summed E-state index contributed by atoms with van der Waals surface area (Å²) in [4.78, 5) is 2.06. The third kappa shape index (κ3) is 3.36. The van der Waals surface area contributed by atoms with E-state index in [0.29, 0.717) is 11.6 Å². The van der Waals surface area contributed by atoms with Crippen molar-refractivity contribution in [3.63, 3.8) is 0 Å². The number of nitrogens with zero attached hydrogens (tertiary/aromatic N) is 3. The summed E-state index contributed by atoms with van der Waals surface area (Å²) in [6.45, 7) is 1.53. The van der Waals surface area contributed by atoms with Crippen LogP contribution in [0.15, 0.2) is 30.5 Å². The topological polar surface area (TPSA) is 47.1 Å². The fraction of sp³-hybridized carbons (Fsp3) is 0.357. The zero-order valence-electron chi connectivity index (χ0n) is 11.6. The van der Waals surface area contributed by atoms with Crippen LogP contribution < -0.4 is 5.73 Å². The fourth-order valence-corrected chi connectivity index (χ4v) is 2.24. The number of hydrogen-bond donors (Lipinski definition) is 1. The Morgan fingerprint density at radius 1 is 1.35 bits per heavy atom. The molecule has 4 nitrogen and oxygen atoms in total. The minimum absolute atomic E-state index is 0.284. The molecule has 0 radical (unpaired) electrons. The molecular weight excluding hydrogens is 279 g/mol. The zero-order valence-corrected chi connectivity index (χ0v) is 12.3. The maximum atomic E-state index is 13.0. The highest BCUT2D eigenvalue weighted by atomic mass is 35.5. The van der Waals surface area contributed by atoms with Gasteiger partial charge in [0.1, 0.15) is 5.82 Å².